The van der Waals surface area contributed by atoms with Gasteiger partial charge in [-0.05, 0) is 24.7 Å². The van der Waals surface area contributed by atoms with E-state index < -0.39 is 0 Å². The Balaban J connectivity index is 1.93. The molecule has 2 unspecified atom stereocenters. The summed E-state index contributed by atoms with van der Waals surface area (Å²) in [4.78, 5) is 0. The van der Waals surface area contributed by atoms with E-state index in [1.54, 1.807) is 0 Å². The van der Waals surface area contributed by atoms with Crippen LogP contribution in [-0.2, 0) is 4.74 Å². The predicted molar refractivity (Wildman–Crippen MR) is 44.2 cm³/mol. The Morgan fingerprint density at radius 1 is 1.55 bits per heavy atom. The fraction of sp³-hybridized carbons (Fsp3) is 1.00. The topological polar surface area (TPSA) is 35.2 Å². The van der Waals surface area contributed by atoms with E-state index >= 15 is 0 Å². The van der Waals surface area contributed by atoms with Crippen molar-refractivity contribution >= 4 is 0 Å². The van der Waals surface area contributed by atoms with E-state index in [-0.39, 0.29) is 0 Å². The smallest absolute Gasteiger partial charge is 0.0510 e. The molecule has 0 radical (unpaired) electrons. The molecule has 1 aliphatic heterocycles. The lowest BCUT2D eigenvalue weighted by molar-refractivity contribution is 0.172. The molecule has 0 bridgehead atoms. The van der Waals surface area contributed by atoms with Gasteiger partial charge in [0.2, 0.25) is 0 Å². The fourth-order valence-corrected chi connectivity index (χ4v) is 1.94. The van der Waals surface area contributed by atoms with Crippen LogP contribution in [0.1, 0.15) is 26.2 Å². The number of ether oxygens (including phenoxy) is 1. The summed E-state index contributed by atoms with van der Waals surface area (Å²) in [5.41, 5.74) is 6.61. The van der Waals surface area contributed by atoms with Crippen molar-refractivity contribution in [3.63, 3.8) is 0 Å². The van der Waals surface area contributed by atoms with Crippen molar-refractivity contribution in [3.05, 3.63) is 0 Å². The van der Waals surface area contributed by atoms with Crippen LogP contribution in [0.4, 0.5) is 0 Å². The highest BCUT2D eigenvalue weighted by Crippen LogP contribution is 2.50. The number of rotatable bonds is 2. The van der Waals surface area contributed by atoms with Crippen LogP contribution in [0, 0.1) is 11.3 Å². The molecule has 0 aromatic heterocycles. The van der Waals surface area contributed by atoms with Gasteiger partial charge in [-0.2, -0.15) is 0 Å². The summed E-state index contributed by atoms with van der Waals surface area (Å²) in [6.45, 7) is 4.13. The Labute approximate surface area is 68.1 Å². The normalized spacial score (nSPS) is 37.1. The third-order valence-electron chi connectivity index (χ3n) is 3.32. The molecule has 2 rings (SSSR count). The highest BCUT2D eigenvalue weighted by atomic mass is 16.5. The van der Waals surface area contributed by atoms with Gasteiger partial charge in [0, 0.05) is 18.6 Å². The minimum atomic E-state index is 0.394. The van der Waals surface area contributed by atoms with Gasteiger partial charge in [-0.1, -0.05) is 6.92 Å². The van der Waals surface area contributed by atoms with Gasteiger partial charge in [-0.3, -0.25) is 0 Å². The molecule has 1 heterocycles. The third-order valence-corrected chi connectivity index (χ3v) is 3.32. The highest BCUT2D eigenvalue weighted by Gasteiger charge is 2.46. The maximum atomic E-state index is 6.14. The monoisotopic (exact) mass is 155 g/mol. The van der Waals surface area contributed by atoms with Crippen molar-refractivity contribution in [3.8, 4) is 0 Å². The van der Waals surface area contributed by atoms with Gasteiger partial charge < -0.3 is 10.5 Å². The predicted octanol–water partition coefficient (Wildman–Crippen LogP) is 1.15. The van der Waals surface area contributed by atoms with E-state index in [0.29, 0.717) is 17.4 Å². The van der Waals surface area contributed by atoms with Gasteiger partial charge in [-0.15, -0.1) is 0 Å². The molecule has 2 heteroatoms. The van der Waals surface area contributed by atoms with E-state index in [1.165, 1.54) is 19.3 Å². The molecule has 2 nitrogen and oxygen atoms in total. The zero-order chi connectivity index (χ0) is 7.90. The Kier molecular flexibility index (Phi) is 1.69. The average molecular weight is 155 g/mol. The van der Waals surface area contributed by atoms with Crippen LogP contribution in [0.25, 0.3) is 0 Å². The summed E-state index contributed by atoms with van der Waals surface area (Å²) in [6.07, 6.45) is 3.83. The van der Waals surface area contributed by atoms with Gasteiger partial charge in [0.25, 0.3) is 0 Å². The van der Waals surface area contributed by atoms with Gasteiger partial charge >= 0.3 is 0 Å². The van der Waals surface area contributed by atoms with Crippen LogP contribution in [0.3, 0.4) is 0 Å². The largest absolute Gasteiger partial charge is 0.381 e. The van der Waals surface area contributed by atoms with Crippen LogP contribution in [-0.4, -0.2) is 19.3 Å². The minimum absolute atomic E-state index is 0.394. The molecule has 0 aromatic rings. The minimum Gasteiger partial charge on any atom is -0.381 e. The summed E-state index contributed by atoms with van der Waals surface area (Å²) in [7, 11) is 0. The fourth-order valence-electron chi connectivity index (χ4n) is 1.94. The second kappa shape index (κ2) is 2.46. The lowest BCUT2D eigenvalue weighted by Gasteiger charge is -2.23. The molecule has 2 atom stereocenters. The first-order valence-corrected chi connectivity index (χ1v) is 4.56. The van der Waals surface area contributed by atoms with Gasteiger partial charge in [0.1, 0.15) is 0 Å². The molecule has 0 amide bonds. The standard InChI is InChI=1S/C9H17NO/c1-9(3-4-9)8(10)7-2-5-11-6-7/h7-8H,2-6,10H2,1H3. The molecule has 0 spiro atoms. The third kappa shape index (κ3) is 1.30. The van der Waals surface area contributed by atoms with Gasteiger partial charge in [0.15, 0.2) is 0 Å². The van der Waals surface area contributed by atoms with E-state index in [1.807, 2.05) is 0 Å². The average Bonchev–Trinajstić information content (AvgIpc) is 2.54. The zero-order valence-electron chi connectivity index (χ0n) is 7.18. The molecule has 1 saturated carbocycles. The molecule has 64 valence electrons. The quantitative estimate of drug-likeness (QED) is 0.649. The van der Waals surface area contributed by atoms with E-state index in [9.17, 15) is 0 Å². The maximum Gasteiger partial charge on any atom is 0.0510 e. The van der Waals surface area contributed by atoms with Crippen LogP contribution >= 0.6 is 0 Å². The molecule has 11 heavy (non-hydrogen) atoms. The Hall–Kier alpha value is -0.0800. The van der Waals surface area contributed by atoms with Crippen LogP contribution in [0.15, 0.2) is 0 Å². The van der Waals surface area contributed by atoms with Crippen molar-refractivity contribution in [2.75, 3.05) is 13.2 Å². The van der Waals surface area contributed by atoms with Crippen LogP contribution in [0.2, 0.25) is 0 Å². The first kappa shape index (κ1) is 7.56. The van der Waals surface area contributed by atoms with Crippen LogP contribution < -0.4 is 5.73 Å². The Bertz CT molecular complexity index is 148. The van der Waals surface area contributed by atoms with E-state index in [4.69, 9.17) is 10.5 Å². The molecular formula is C9H17NO. The number of hydrogen-bond acceptors (Lipinski definition) is 2. The lowest BCUT2D eigenvalue weighted by atomic mass is 9.87. The maximum absolute atomic E-state index is 6.14. The second-order valence-electron chi connectivity index (χ2n) is 4.30. The Morgan fingerprint density at radius 3 is 2.73 bits per heavy atom. The number of hydrogen-bond donors (Lipinski definition) is 1. The summed E-state index contributed by atoms with van der Waals surface area (Å²) in [6, 6.07) is 0.394. The SMILES string of the molecule is CC1(C(N)C2CCOC2)CC1. The van der Waals surface area contributed by atoms with Gasteiger partial charge in [-0.25, -0.2) is 0 Å². The summed E-state index contributed by atoms with van der Waals surface area (Å²) in [5.74, 6) is 0.641. The highest BCUT2D eigenvalue weighted by molar-refractivity contribution is 5.00. The van der Waals surface area contributed by atoms with Gasteiger partial charge in [0.05, 0.1) is 6.61 Å². The second-order valence-corrected chi connectivity index (χ2v) is 4.30. The molecule has 2 aliphatic rings. The summed E-state index contributed by atoms with van der Waals surface area (Å²) in [5, 5.41) is 0. The molecular weight excluding hydrogens is 138 g/mol. The van der Waals surface area contributed by atoms with Crippen molar-refractivity contribution in [1.29, 1.82) is 0 Å². The molecule has 1 aliphatic carbocycles. The van der Waals surface area contributed by atoms with Crippen molar-refractivity contribution in [1.82, 2.24) is 0 Å². The first-order valence-electron chi connectivity index (χ1n) is 4.56. The number of nitrogens with two attached hydrogens (primary N) is 1. The summed E-state index contributed by atoms with van der Waals surface area (Å²) < 4.78 is 5.32. The van der Waals surface area contributed by atoms with Crippen molar-refractivity contribution in [2.45, 2.75) is 32.2 Å². The Morgan fingerprint density at radius 2 is 2.27 bits per heavy atom. The van der Waals surface area contributed by atoms with Crippen molar-refractivity contribution < 1.29 is 4.74 Å². The van der Waals surface area contributed by atoms with Crippen LogP contribution in [0.5, 0.6) is 0 Å². The molecule has 1 saturated heterocycles. The molecule has 2 fully saturated rings. The van der Waals surface area contributed by atoms with E-state index in [0.717, 1.165) is 13.2 Å². The van der Waals surface area contributed by atoms with E-state index in [2.05, 4.69) is 6.92 Å². The first-order chi connectivity index (χ1) is 5.22. The van der Waals surface area contributed by atoms with Crippen molar-refractivity contribution in [2.24, 2.45) is 17.1 Å². The summed E-state index contributed by atoms with van der Waals surface area (Å²) >= 11 is 0. The zero-order valence-corrected chi connectivity index (χ0v) is 7.18. The molecule has 0 aromatic carbocycles. The molecule has 2 N–H and O–H groups in total. The lowest BCUT2D eigenvalue weighted by Crippen LogP contribution is -2.37.